The lowest BCUT2D eigenvalue weighted by Gasteiger charge is -2.10. The van der Waals surface area contributed by atoms with Crippen LogP contribution in [0.5, 0.6) is 11.5 Å². The summed E-state index contributed by atoms with van der Waals surface area (Å²) >= 11 is 8.99. The number of methoxy groups -OCH3 is 2. The molecule has 124 valence electrons. The summed E-state index contributed by atoms with van der Waals surface area (Å²) in [6, 6.07) is 9.46. The van der Waals surface area contributed by atoms with Crippen molar-refractivity contribution in [2.75, 3.05) is 20.0 Å². The van der Waals surface area contributed by atoms with Crippen LogP contribution in [0.2, 0.25) is 4.34 Å². The molecule has 1 heterocycles. The van der Waals surface area contributed by atoms with Gasteiger partial charge in [0.25, 0.3) is 0 Å². The van der Waals surface area contributed by atoms with Crippen LogP contribution in [0.1, 0.15) is 10.4 Å². The molecule has 1 aromatic carbocycles. The number of thioether (sulfide) groups is 1. The summed E-state index contributed by atoms with van der Waals surface area (Å²) in [5.41, 5.74) is 0.964. The zero-order valence-electron chi connectivity index (χ0n) is 12.9. The van der Waals surface area contributed by atoms with Crippen molar-refractivity contribution in [3.8, 4) is 11.5 Å². The maximum Gasteiger partial charge on any atom is 0.230 e. The van der Waals surface area contributed by atoms with Gasteiger partial charge in [-0.1, -0.05) is 17.7 Å². The van der Waals surface area contributed by atoms with Crippen molar-refractivity contribution in [2.45, 2.75) is 12.3 Å². The van der Waals surface area contributed by atoms with Crippen molar-refractivity contribution in [1.82, 2.24) is 5.32 Å². The number of thiophene rings is 1. The number of rotatable bonds is 8. The molecule has 0 unspecified atom stereocenters. The Morgan fingerprint density at radius 2 is 2.00 bits per heavy atom. The van der Waals surface area contributed by atoms with E-state index in [1.807, 2.05) is 30.3 Å². The third-order valence-electron chi connectivity index (χ3n) is 3.04. The maximum absolute atomic E-state index is 11.9. The normalized spacial score (nSPS) is 10.4. The van der Waals surface area contributed by atoms with E-state index in [2.05, 4.69) is 5.32 Å². The number of nitrogens with one attached hydrogen (secondary N) is 1. The Labute approximate surface area is 149 Å². The second-order valence-electron chi connectivity index (χ2n) is 4.66. The molecule has 2 aromatic rings. The fraction of sp³-hybridized carbons (Fsp3) is 0.312. The third kappa shape index (κ3) is 5.64. The Morgan fingerprint density at radius 1 is 1.22 bits per heavy atom. The van der Waals surface area contributed by atoms with E-state index < -0.39 is 0 Å². The van der Waals surface area contributed by atoms with E-state index in [9.17, 15) is 4.79 Å². The molecular weight excluding hydrogens is 354 g/mol. The number of amides is 1. The Balaban J connectivity index is 1.75. The Morgan fingerprint density at radius 3 is 2.65 bits per heavy atom. The van der Waals surface area contributed by atoms with Gasteiger partial charge in [0.15, 0.2) is 11.5 Å². The van der Waals surface area contributed by atoms with E-state index in [1.165, 1.54) is 4.88 Å². The Bertz CT molecular complexity index is 661. The van der Waals surface area contributed by atoms with Crippen LogP contribution in [0.4, 0.5) is 0 Å². The minimum atomic E-state index is 0.00689. The van der Waals surface area contributed by atoms with Gasteiger partial charge in [-0.3, -0.25) is 4.79 Å². The van der Waals surface area contributed by atoms with E-state index in [4.69, 9.17) is 21.1 Å². The summed E-state index contributed by atoms with van der Waals surface area (Å²) in [7, 11) is 3.19. The third-order valence-corrected chi connectivity index (χ3v) is 5.44. The number of hydrogen-bond donors (Lipinski definition) is 1. The summed E-state index contributed by atoms with van der Waals surface area (Å²) in [5, 5.41) is 2.90. The van der Waals surface area contributed by atoms with Crippen molar-refractivity contribution in [3.05, 3.63) is 45.1 Å². The Kier molecular flexibility index (Phi) is 7.08. The van der Waals surface area contributed by atoms with Gasteiger partial charge < -0.3 is 14.8 Å². The Hall–Kier alpha value is -1.37. The first kappa shape index (κ1) is 18.0. The molecule has 0 aliphatic rings. The van der Waals surface area contributed by atoms with Crippen molar-refractivity contribution >= 4 is 40.6 Å². The first-order valence-corrected chi connectivity index (χ1v) is 9.27. The highest BCUT2D eigenvalue weighted by molar-refractivity contribution is 7.99. The van der Waals surface area contributed by atoms with Crippen LogP contribution < -0.4 is 14.8 Å². The highest BCUT2D eigenvalue weighted by Crippen LogP contribution is 2.27. The van der Waals surface area contributed by atoms with Gasteiger partial charge in [-0.15, -0.1) is 23.1 Å². The fourth-order valence-corrected chi connectivity index (χ4v) is 3.97. The first-order valence-electron chi connectivity index (χ1n) is 6.92. The fourth-order valence-electron chi connectivity index (χ4n) is 1.92. The molecule has 23 heavy (non-hydrogen) atoms. The number of hydrogen-bond acceptors (Lipinski definition) is 5. The van der Waals surface area contributed by atoms with Crippen LogP contribution in [0.3, 0.4) is 0 Å². The highest BCUT2D eigenvalue weighted by atomic mass is 35.5. The first-order chi connectivity index (χ1) is 11.1. The SMILES string of the molecule is COc1ccc(CNC(=O)CSCc2ccc(Cl)s2)cc1OC. The number of ether oxygens (including phenoxy) is 2. The predicted molar refractivity (Wildman–Crippen MR) is 96.9 cm³/mol. The largest absolute Gasteiger partial charge is 0.493 e. The van der Waals surface area contributed by atoms with Gasteiger partial charge in [0.2, 0.25) is 5.91 Å². The smallest absolute Gasteiger partial charge is 0.230 e. The number of halogens is 1. The standard InChI is InChI=1S/C16H18ClNO3S2/c1-20-13-5-3-11(7-14(13)21-2)8-18-16(19)10-22-9-12-4-6-15(17)23-12/h3-7H,8-10H2,1-2H3,(H,18,19). The van der Waals surface area contributed by atoms with Crippen molar-refractivity contribution < 1.29 is 14.3 Å². The van der Waals surface area contributed by atoms with E-state index >= 15 is 0 Å². The lowest BCUT2D eigenvalue weighted by Crippen LogP contribution is -2.24. The summed E-state index contributed by atoms with van der Waals surface area (Å²) in [6.07, 6.45) is 0. The number of carbonyl (C=O) groups excluding carboxylic acids is 1. The summed E-state index contributed by atoms with van der Waals surface area (Å²) in [4.78, 5) is 13.1. The topological polar surface area (TPSA) is 47.6 Å². The average Bonchev–Trinajstić information content (AvgIpc) is 2.98. The molecule has 4 nitrogen and oxygen atoms in total. The van der Waals surface area contributed by atoms with Gasteiger partial charge in [-0.2, -0.15) is 0 Å². The van der Waals surface area contributed by atoms with Crippen LogP contribution in [-0.2, 0) is 17.1 Å². The number of carbonyl (C=O) groups is 1. The molecule has 2 rings (SSSR count). The predicted octanol–water partition coefficient (Wildman–Crippen LogP) is 3.97. The van der Waals surface area contributed by atoms with Crippen LogP contribution in [0.15, 0.2) is 30.3 Å². The van der Waals surface area contributed by atoms with E-state index in [1.54, 1.807) is 37.3 Å². The van der Waals surface area contributed by atoms with E-state index in [0.717, 1.165) is 15.7 Å². The molecule has 0 bridgehead atoms. The highest BCUT2D eigenvalue weighted by Gasteiger charge is 2.07. The van der Waals surface area contributed by atoms with Gasteiger partial charge in [0.1, 0.15) is 0 Å². The van der Waals surface area contributed by atoms with Gasteiger partial charge in [0, 0.05) is 17.2 Å². The number of benzene rings is 1. The second-order valence-corrected chi connectivity index (χ2v) is 7.45. The van der Waals surface area contributed by atoms with Crippen LogP contribution in [-0.4, -0.2) is 25.9 Å². The monoisotopic (exact) mass is 371 g/mol. The summed E-state index contributed by atoms with van der Waals surface area (Å²) in [6.45, 7) is 0.463. The average molecular weight is 372 g/mol. The molecule has 7 heteroatoms. The molecule has 1 amide bonds. The van der Waals surface area contributed by atoms with Gasteiger partial charge in [-0.05, 0) is 29.8 Å². The van der Waals surface area contributed by atoms with Crippen molar-refractivity contribution in [3.63, 3.8) is 0 Å². The lowest BCUT2D eigenvalue weighted by atomic mass is 10.2. The van der Waals surface area contributed by atoms with Crippen molar-refractivity contribution in [2.24, 2.45) is 0 Å². The lowest BCUT2D eigenvalue weighted by molar-refractivity contribution is -0.118. The summed E-state index contributed by atoms with van der Waals surface area (Å²) < 4.78 is 11.2. The minimum Gasteiger partial charge on any atom is -0.493 e. The summed E-state index contributed by atoms with van der Waals surface area (Å²) in [5.74, 6) is 2.55. The molecule has 0 fully saturated rings. The van der Waals surface area contributed by atoms with E-state index in [0.29, 0.717) is 23.8 Å². The molecule has 0 aliphatic carbocycles. The van der Waals surface area contributed by atoms with Crippen LogP contribution in [0.25, 0.3) is 0 Å². The van der Waals surface area contributed by atoms with Gasteiger partial charge in [-0.25, -0.2) is 0 Å². The maximum atomic E-state index is 11.9. The molecule has 0 saturated heterocycles. The second kappa shape index (κ2) is 9.05. The van der Waals surface area contributed by atoms with Crippen LogP contribution in [0, 0.1) is 0 Å². The molecule has 1 aromatic heterocycles. The van der Waals surface area contributed by atoms with Crippen LogP contribution >= 0.6 is 34.7 Å². The molecule has 0 aliphatic heterocycles. The molecule has 0 atom stereocenters. The minimum absolute atomic E-state index is 0.00689. The van der Waals surface area contributed by atoms with Crippen molar-refractivity contribution in [1.29, 1.82) is 0 Å². The van der Waals surface area contributed by atoms with E-state index in [-0.39, 0.29) is 5.91 Å². The van der Waals surface area contributed by atoms with Gasteiger partial charge >= 0.3 is 0 Å². The zero-order chi connectivity index (χ0) is 16.7. The molecule has 0 saturated carbocycles. The van der Waals surface area contributed by atoms with Gasteiger partial charge in [0.05, 0.1) is 24.3 Å². The molecule has 0 radical (unpaired) electrons. The molecular formula is C16H18ClNO3S2. The molecule has 0 spiro atoms. The quantitative estimate of drug-likeness (QED) is 0.762. The zero-order valence-corrected chi connectivity index (χ0v) is 15.3. The molecule has 1 N–H and O–H groups in total.